The van der Waals surface area contributed by atoms with Crippen LogP contribution in [0.15, 0.2) is 9.82 Å². The highest BCUT2D eigenvalue weighted by Crippen LogP contribution is 2.19. The molecule has 2 N–H and O–H groups in total. The van der Waals surface area contributed by atoms with Crippen LogP contribution in [0.25, 0.3) is 0 Å². The summed E-state index contributed by atoms with van der Waals surface area (Å²) in [5.41, 5.74) is 0.567. The van der Waals surface area contributed by atoms with E-state index in [1.165, 1.54) is 11.8 Å². The lowest BCUT2D eigenvalue weighted by molar-refractivity contribution is 0.0786. The van der Waals surface area contributed by atoms with Gasteiger partial charge in [0.05, 0.1) is 5.56 Å². The van der Waals surface area contributed by atoms with E-state index in [0.29, 0.717) is 22.8 Å². The van der Waals surface area contributed by atoms with E-state index in [0.717, 1.165) is 19.3 Å². The molecule has 0 atom stereocenters. The Morgan fingerprint density at radius 1 is 1.40 bits per heavy atom. The minimum Gasteiger partial charge on any atom is -0.396 e. The number of nitrogens with zero attached hydrogens (tertiary/aromatic N) is 2. The first-order chi connectivity index (χ1) is 9.51. The van der Waals surface area contributed by atoms with Crippen LogP contribution in [0, 0.1) is 6.92 Å². The summed E-state index contributed by atoms with van der Waals surface area (Å²) in [6.07, 6.45) is 4.26. The number of nitrogens with one attached hydrogen (secondary N) is 1. The number of carbonyl (C=O) groups excluding carboxylic acids is 1. The molecule has 0 unspecified atom stereocenters. The van der Waals surface area contributed by atoms with Crippen molar-refractivity contribution in [3.63, 3.8) is 0 Å². The minimum atomic E-state index is -0.436. The van der Waals surface area contributed by atoms with Gasteiger partial charge in [-0.1, -0.05) is 0 Å². The molecule has 112 valence electrons. The Labute approximate surface area is 122 Å². The second-order valence-corrected chi connectivity index (χ2v) is 5.36. The van der Waals surface area contributed by atoms with E-state index in [4.69, 9.17) is 5.11 Å². The Hall–Kier alpha value is -1.34. The Morgan fingerprint density at radius 3 is 2.70 bits per heavy atom. The highest BCUT2D eigenvalue weighted by Gasteiger charge is 2.20. The van der Waals surface area contributed by atoms with Crippen LogP contribution in [0.1, 0.15) is 35.3 Å². The molecule has 0 aromatic carbocycles. The fraction of sp³-hybridized carbons (Fsp3) is 0.615. The molecule has 0 aliphatic carbocycles. The van der Waals surface area contributed by atoms with Crippen molar-refractivity contribution >= 4 is 17.7 Å². The molecule has 0 aliphatic heterocycles. The summed E-state index contributed by atoms with van der Waals surface area (Å²) >= 11 is 1.29. The fourth-order valence-corrected chi connectivity index (χ4v) is 2.51. The highest BCUT2D eigenvalue weighted by molar-refractivity contribution is 7.98. The molecular formula is C13H21N3O3S. The number of hydrogen-bond acceptors (Lipinski definition) is 5. The van der Waals surface area contributed by atoms with Crippen LogP contribution in [0.4, 0.5) is 0 Å². The third-order valence-corrected chi connectivity index (χ3v) is 3.67. The van der Waals surface area contributed by atoms with Gasteiger partial charge in [0.25, 0.3) is 5.91 Å². The van der Waals surface area contributed by atoms with Crippen molar-refractivity contribution in [1.82, 2.24) is 14.9 Å². The standard InChI is InChI=1S/C13H21N3O3S/c1-9-10(11(20-3)15-13(19)14-9)12(18)16(2)7-5-4-6-8-17/h17H,4-8H2,1-3H3,(H,14,15,19). The zero-order chi connectivity index (χ0) is 15.1. The average Bonchev–Trinajstić information content (AvgIpc) is 2.41. The smallest absolute Gasteiger partial charge is 0.346 e. The van der Waals surface area contributed by atoms with Crippen molar-refractivity contribution in [3.8, 4) is 0 Å². The van der Waals surface area contributed by atoms with Gasteiger partial charge in [0.2, 0.25) is 0 Å². The Morgan fingerprint density at radius 2 is 2.10 bits per heavy atom. The molecule has 20 heavy (non-hydrogen) atoms. The summed E-state index contributed by atoms with van der Waals surface area (Å²) < 4.78 is 0. The molecule has 0 aliphatic rings. The molecule has 0 saturated heterocycles. The zero-order valence-electron chi connectivity index (χ0n) is 12.1. The molecule has 1 amide bonds. The van der Waals surface area contributed by atoms with Crippen molar-refractivity contribution in [1.29, 1.82) is 0 Å². The monoisotopic (exact) mass is 299 g/mol. The van der Waals surface area contributed by atoms with Crippen LogP contribution in [-0.2, 0) is 0 Å². The van der Waals surface area contributed by atoms with E-state index in [9.17, 15) is 9.59 Å². The molecule has 0 bridgehead atoms. The van der Waals surface area contributed by atoms with E-state index in [2.05, 4.69) is 9.97 Å². The normalized spacial score (nSPS) is 10.6. The summed E-state index contributed by atoms with van der Waals surface area (Å²) in [6, 6.07) is 0. The zero-order valence-corrected chi connectivity index (χ0v) is 12.9. The van der Waals surface area contributed by atoms with E-state index in [1.807, 2.05) is 0 Å². The first-order valence-corrected chi connectivity index (χ1v) is 7.75. The van der Waals surface area contributed by atoms with Gasteiger partial charge in [-0.3, -0.25) is 4.79 Å². The van der Waals surface area contributed by atoms with Crippen LogP contribution in [-0.4, -0.2) is 52.3 Å². The molecular weight excluding hydrogens is 278 g/mol. The van der Waals surface area contributed by atoms with Crippen molar-refractivity contribution < 1.29 is 9.90 Å². The Bertz CT molecular complexity index is 516. The molecule has 0 radical (unpaired) electrons. The summed E-state index contributed by atoms with van der Waals surface area (Å²) in [5.74, 6) is -0.139. The number of rotatable bonds is 7. The van der Waals surface area contributed by atoms with Crippen LogP contribution in [0.5, 0.6) is 0 Å². The summed E-state index contributed by atoms with van der Waals surface area (Å²) in [6.45, 7) is 2.50. The van der Waals surface area contributed by atoms with Gasteiger partial charge in [-0.25, -0.2) is 4.79 Å². The molecule has 1 rings (SSSR count). The van der Waals surface area contributed by atoms with Gasteiger partial charge in [0.15, 0.2) is 0 Å². The van der Waals surface area contributed by atoms with Crippen molar-refractivity contribution in [3.05, 3.63) is 21.7 Å². The van der Waals surface area contributed by atoms with Gasteiger partial charge in [0.1, 0.15) is 5.03 Å². The Balaban J connectivity index is 2.83. The summed E-state index contributed by atoms with van der Waals surface area (Å²) in [5, 5.41) is 9.18. The number of aliphatic hydroxyl groups is 1. The molecule has 1 aromatic heterocycles. The molecule has 7 heteroatoms. The van der Waals surface area contributed by atoms with E-state index >= 15 is 0 Å². The first-order valence-electron chi connectivity index (χ1n) is 6.52. The number of aromatic amines is 1. The van der Waals surface area contributed by atoms with Gasteiger partial charge >= 0.3 is 5.69 Å². The van der Waals surface area contributed by atoms with E-state index in [-0.39, 0.29) is 12.5 Å². The third-order valence-electron chi connectivity index (χ3n) is 2.99. The topological polar surface area (TPSA) is 86.3 Å². The maximum atomic E-state index is 12.4. The van der Waals surface area contributed by atoms with Gasteiger partial charge < -0.3 is 15.0 Å². The van der Waals surface area contributed by atoms with Gasteiger partial charge in [-0.15, -0.1) is 11.8 Å². The van der Waals surface area contributed by atoms with Gasteiger partial charge in [0, 0.05) is 25.9 Å². The SMILES string of the molecule is CSc1nc(=O)[nH]c(C)c1C(=O)N(C)CCCCCO. The average molecular weight is 299 g/mol. The molecule has 6 nitrogen and oxygen atoms in total. The number of amides is 1. The fourth-order valence-electron chi connectivity index (χ4n) is 1.89. The number of aliphatic hydroxyl groups excluding tert-OH is 1. The highest BCUT2D eigenvalue weighted by atomic mass is 32.2. The molecule has 0 fully saturated rings. The molecule has 1 heterocycles. The molecule has 0 saturated carbocycles. The number of aromatic nitrogens is 2. The van der Waals surface area contributed by atoms with Crippen molar-refractivity contribution in [2.24, 2.45) is 0 Å². The summed E-state index contributed by atoms with van der Waals surface area (Å²) in [4.78, 5) is 31.8. The molecule has 1 aromatic rings. The number of aryl methyl sites for hydroxylation is 1. The lowest BCUT2D eigenvalue weighted by atomic mass is 10.2. The number of H-pyrrole nitrogens is 1. The van der Waals surface area contributed by atoms with Gasteiger partial charge in [-0.2, -0.15) is 4.98 Å². The second-order valence-electron chi connectivity index (χ2n) is 4.56. The van der Waals surface area contributed by atoms with E-state index in [1.54, 1.807) is 25.1 Å². The second kappa shape index (κ2) is 8.06. The lowest BCUT2D eigenvalue weighted by Crippen LogP contribution is -2.31. The largest absolute Gasteiger partial charge is 0.396 e. The van der Waals surface area contributed by atoms with Crippen molar-refractivity contribution in [2.45, 2.75) is 31.2 Å². The minimum absolute atomic E-state index is 0.139. The van der Waals surface area contributed by atoms with E-state index < -0.39 is 5.69 Å². The quantitative estimate of drug-likeness (QED) is 0.446. The van der Waals surface area contributed by atoms with Crippen LogP contribution in [0.3, 0.4) is 0 Å². The summed E-state index contributed by atoms with van der Waals surface area (Å²) in [7, 11) is 1.73. The van der Waals surface area contributed by atoms with Crippen LogP contribution < -0.4 is 5.69 Å². The van der Waals surface area contributed by atoms with Crippen LogP contribution >= 0.6 is 11.8 Å². The number of carbonyl (C=O) groups is 1. The lowest BCUT2D eigenvalue weighted by Gasteiger charge is -2.19. The first kappa shape index (κ1) is 16.7. The number of thioether (sulfide) groups is 1. The predicted molar refractivity (Wildman–Crippen MR) is 79.3 cm³/mol. The maximum absolute atomic E-state index is 12.4. The Kier molecular flexibility index (Phi) is 6.74. The number of hydrogen-bond donors (Lipinski definition) is 2. The van der Waals surface area contributed by atoms with Gasteiger partial charge in [-0.05, 0) is 32.4 Å². The molecule has 0 spiro atoms. The number of unbranched alkanes of at least 4 members (excludes halogenated alkanes) is 2. The predicted octanol–water partition coefficient (Wildman–Crippen LogP) is 1.03. The van der Waals surface area contributed by atoms with Crippen LogP contribution in [0.2, 0.25) is 0 Å². The third kappa shape index (κ3) is 4.35. The van der Waals surface area contributed by atoms with Crippen molar-refractivity contribution in [2.75, 3.05) is 26.5 Å². The maximum Gasteiger partial charge on any atom is 0.346 e.